The van der Waals surface area contributed by atoms with Crippen molar-refractivity contribution in [1.29, 1.82) is 0 Å². The molecule has 0 spiro atoms. The van der Waals surface area contributed by atoms with Crippen molar-refractivity contribution in [3.05, 3.63) is 65.7 Å². The van der Waals surface area contributed by atoms with Gasteiger partial charge in [0.1, 0.15) is 0 Å². The molecule has 1 amide bonds. The van der Waals surface area contributed by atoms with Crippen LogP contribution in [0.25, 0.3) is 11.4 Å². The van der Waals surface area contributed by atoms with Crippen molar-refractivity contribution in [3.63, 3.8) is 0 Å². The first-order valence-electron chi connectivity index (χ1n) is 10.2. The number of nitrogens with one attached hydrogen (secondary N) is 1. The summed E-state index contributed by atoms with van der Waals surface area (Å²) in [5, 5.41) is 12.5. The normalized spacial score (nSPS) is 11.7. The summed E-state index contributed by atoms with van der Waals surface area (Å²) < 4.78 is 2.09. The predicted molar refractivity (Wildman–Crippen MR) is 124 cm³/mol. The Morgan fingerprint density at radius 2 is 1.70 bits per heavy atom. The average Bonchev–Trinajstić information content (AvgIpc) is 3.08. The number of amides is 1. The zero-order chi connectivity index (χ0) is 21.7. The van der Waals surface area contributed by atoms with Crippen molar-refractivity contribution < 1.29 is 4.79 Å². The highest BCUT2D eigenvalue weighted by Crippen LogP contribution is 2.28. The van der Waals surface area contributed by atoms with Crippen LogP contribution in [0.15, 0.2) is 59.8 Å². The number of hydrogen-bond donors (Lipinski definition) is 1. The Bertz CT molecular complexity index is 973. The first-order chi connectivity index (χ1) is 14.2. The zero-order valence-electron chi connectivity index (χ0n) is 18.3. The van der Waals surface area contributed by atoms with E-state index in [4.69, 9.17) is 0 Å². The first kappa shape index (κ1) is 22.1. The maximum absolute atomic E-state index is 12.1. The van der Waals surface area contributed by atoms with Crippen LogP contribution in [-0.2, 0) is 16.8 Å². The van der Waals surface area contributed by atoms with Gasteiger partial charge in [-0.1, -0.05) is 87.1 Å². The van der Waals surface area contributed by atoms with Crippen molar-refractivity contribution in [2.75, 3.05) is 5.75 Å². The molecule has 0 fully saturated rings. The lowest BCUT2D eigenvalue weighted by molar-refractivity contribution is -0.119. The molecular formula is C24H30N4OS. The first-order valence-corrected chi connectivity index (χ1v) is 11.2. The number of carbonyl (C=O) groups is 1. The molecule has 1 aromatic heterocycles. The molecule has 0 radical (unpaired) electrons. The highest BCUT2D eigenvalue weighted by Gasteiger charge is 2.18. The summed E-state index contributed by atoms with van der Waals surface area (Å²) in [5.41, 5.74) is 3.56. The molecule has 0 aliphatic heterocycles. The summed E-state index contributed by atoms with van der Waals surface area (Å²) in [5.74, 6) is 1.13. The van der Waals surface area contributed by atoms with Crippen LogP contribution in [0.2, 0.25) is 0 Å². The second-order valence-corrected chi connectivity index (χ2v) is 9.66. The molecule has 0 aliphatic carbocycles. The van der Waals surface area contributed by atoms with Crippen LogP contribution in [-0.4, -0.2) is 32.5 Å². The van der Waals surface area contributed by atoms with Gasteiger partial charge in [-0.15, -0.1) is 10.2 Å². The minimum atomic E-state index is 0.000316. The Morgan fingerprint density at radius 3 is 2.30 bits per heavy atom. The van der Waals surface area contributed by atoms with Gasteiger partial charge in [-0.05, 0) is 30.4 Å². The monoisotopic (exact) mass is 422 g/mol. The molecule has 30 heavy (non-hydrogen) atoms. The predicted octanol–water partition coefficient (Wildman–Crippen LogP) is 4.91. The summed E-state index contributed by atoms with van der Waals surface area (Å²) >= 11 is 1.42. The van der Waals surface area contributed by atoms with Gasteiger partial charge in [0.2, 0.25) is 5.91 Å². The molecule has 0 bridgehead atoms. The van der Waals surface area contributed by atoms with Crippen LogP contribution in [0.4, 0.5) is 0 Å². The fourth-order valence-corrected chi connectivity index (χ4v) is 3.88. The Morgan fingerprint density at radius 1 is 1.03 bits per heavy atom. The topological polar surface area (TPSA) is 59.8 Å². The summed E-state index contributed by atoms with van der Waals surface area (Å²) in [6.45, 7) is 11.2. The van der Waals surface area contributed by atoms with Gasteiger partial charge in [0.05, 0.1) is 12.3 Å². The van der Waals surface area contributed by atoms with E-state index in [1.807, 2.05) is 32.0 Å². The number of carbonyl (C=O) groups excluding carboxylic acids is 1. The second kappa shape index (κ2) is 9.47. The molecule has 5 nitrogen and oxygen atoms in total. The molecule has 0 saturated carbocycles. The quantitative estimate of drug-likeness (QED) is 0.550. The van der Waals surface area contributed by atoms with Crippen LogP contribution in [0, 0.1) is 0 Å². The molecule has 3 aromatic rings. The Kier molecular flexibility index (Phi) is 6.98. The molecule has 0 aliphatic rings. The van der Waals surface area contributed by atoms with Crippen LogP contribution >= 0.6 is 11.8 Å². The van der Waals surface area contributed by atoms with Gasteiger partial charge >= 0.3 is 0 Å². The van der Waals surface area contributed by atoms with E-state index < -0.39 is 0 Å². The van der Waals surface area contributed by atoms with Crippen molar-refractivity contribution in [2.45, 2.75) is 57.8 Å². The molecule has 0 saturated heterocycles. The number of aromatic nitrogens is 3. The van der Waals surface area contributed by atoms with Gasteiger partial charge in [-0.3, -0.25) is 9.36 Å². The highest BCUT2D eigenvalue weighted by atomic mass is 32.2. The van der Waals surface area contributed by atoms with Crippen molar-refractivity contribution in [1.82, 2.24) is 20.1 Å². The molecule has 1 N–H and O–H groups in total. The van der Waals surface area contributed by atoms with Gasteiger partial charge in [0.15, 0.2) is 11.0 Å². The number of hydrogen-bond acceptors (Lipinski definition) is 4. The van der Waals surface area contributed by atoms with Gasteiger partial charge in [-0.25, -0.2) is 0 Å². The Hall–Kier alpha value is -2.60. The molecule has 1 heterocycles. The Labute approximate surface area is 183 Å². The maximum atomic E-state index is 12.1. The van der Waals surface area contributed by atoms with Crippen LogP contribution in [0.1, 0.15) is 45.7 Å². The van der Waals surface area contributed by atoms with Crippen molar-refractivity contribution >= 4 is 17.7 Å². The number of nitrogens with zero attached hydrogens (tertiary/aromatic N) is 3. The van der Waals surface area contributed by atoms with Crippen LogP contribution < -0.4 is 5.32 Å². The fourth-order valence-electron chi connectivity index (χ4n) is 3.13. The van der Waals surface area contributed by atoms with Crippen LogP contribution in [0.5, 0.6) is 0 Å². The minimum Gasteiger partial charge on any atom is -0.353 e. The number of thioether (sulfide) groups is 1. The van der Waals surface area contributed by atoms with E-state index in [1.165, 1.54) is 22.9 Å². The molecule has 0 unspecified atom stereocenters. The van der Waals surface area contributed by atoms with E-state index in [0.29, 0.717) is 12.3 Å². The summed E-state index contributed by atoms with van der Waals surface area (Å²) in [7, 11) is 0. The lowest BCUT2D eigenvalue weighted by atomic mass is 9.87. The van der Waals surface area contributed by atoms with E-state index in [1.54, 1.807) is 0 Å². The maximum Gasteiger partial charge on any atom is 0.230 e. The van der Waals surface area contributed by atoms with E-state index in [-0.39, 0.29) is 17.4 Å². The standard InChI is InChI=1S/C24H30N4OS/c1-17(2)25-21(29)16-30-23-27-26-22(28(23)15-18-9-7-6-8-10-18)19-11-13-20(14-12-19)24(3,4)5/h6-14,17H,15-16H2,1-5H3,(H,25,29). The van der Waals surface area contributed by atoms with Crippen molar-refractivity contribution in [3.8, 4) is 11.4 Å². The molecule has 3 rings (SSSR count). The van der Waals surface area contributed by atoms with Gasteiger partial charge < -0.3 is 5.32 Å². The fraction of sp³-hybridized carbons (Fsp3) is 0.375. The van der Waals surface area contributed by atoms with E-state index in [0.717, 1.165) is 16.5 Å². The lowest BCUT2D eigenvalue weighted by Gasteiger charge is -2.19. The lowest BCUT2D eigenvalue weighted by Crippen LogP contribution is -2.31. The molecular weight excluding hydrogens is 392 g/mol. The average molecular weight is 423 g/mol. The smallest absolute Gasteiger partial charge is 0.230 e. The minimum absolute atomic E-state index is 0.000316. The largest absolute Gasteiger partial charge is 0.353 e. The summed E-state index contributed by atoms with van der Waals surface area (Å²) in [6.07, 6.45) is 0. The van der Waals surface area contributed by atoms with Gasteiger partial charge in [0.25, 0.3) is 0 Å². The van der Waals surface area contributed by atoms with E-state index >= 15 is 0 Å². The number of benzene rings is 2. The zero-order valence-corrected chi connectivity index (χ0v) is 19.2. The molecule has 6 heteroatoms. The third-order valence-corrected chi connectivity index (χ3v) is 5.66. The van der Waals surface area contributed by atoms with E-state index in [2.05, 4.69) is 77.3 Å². The van der Waals surface area contributed by atoms with E-state index in [9.17, 15) is 4.79 Å². The van der Waals surface area contributed by atoms with Crippen molar-refractivity contribution in [2.24, 2.45) is 0 Å². The van der Waals surface area contributed by atoms with Gasteiger partial charge in [-0.2, -0.15) is 0 Å². The summed E-state index contributed by atoms with van der Waals surface area (Å²) in [4.78, 5) is 12.1. The molecule has 0 atom stereocenters. The van der Waals surface area contributed by atoms with Gasteiger partial charge in [0, 0.05) is 11.6 Å². The third kappa shape index (κ3) is 5.72. The van der Waals surface area contributed by atoms with Crippen LogP contribution in [0.3, 0.4) is 0 Å². The Balaban J connectivity index is 1.90. The summed E-state index contributed by atoms with van der Waals surface area (Å²) in [6, 6.07) is 18.9. The molecule has 158 valence electrons. The third-order valence-electron chi connectivity index (χ3n) is 4.69. The number of rotatable bonds is 7. The highest BCUT2D eigenvalue weighted by molar-refractivity contribution is 7.99. The SMILES string of the molecule is CC(C)NC(=O)CSc1nnc(-c2ccc(C(C)(C)C)cc2)n1Cc1ccccc1. The second-order valence-electron chi connectivity index (χ2n) is 8.72. The molecule has 2 aromatic carbocycles.